The maximum atomic E-state index is 14.4. The molecule has 33 heavy (non-hydrogen) atoms. The van der Waals surface area contributed by atoms with Crippen LogP contribution in [0, 0.1) is 0 Å². The predicted molar refractivity (Wildman–Crippen MR) is 125 cm³/mol. The van der Waals surface area contributed by atoms with Gasteiger partial charge in [-0.2, -0.15) is 13.2 Å². The first-order chi connectivity index (χ1) is 15.6. The zero-order valence-corrected chi connectivity index (χ0v) is 18.8. The van der Waals surface area contributed by atoms with Crippen molar-refractivity contribution in [3.8, 4) is 5.75 Å². The summed E-state index contributed by atoms with van der Waals surface area (Å²) in [6.07, 6.45) is -4.46. The van der Waals surface area contributed by atoms with E-state index >= 15 is 0 Å². The Labute approximate surface area is 190 Å². The van der Waals surface area contributed by atoms with E-state index in [4.69, 9.17) is 4.74 Å². The average Bonchev–Trinajstić information content (AvgIpc) is 2.77. The number of rotatable bonds is 6. The summed E-state index contributed by atoms with van der Waals surface area (Å²) in [7, 11) is 1.51. The first-order valence-corrected chi connectivity index (χ1v) is 10.7. The number of benzene rings is 3. The third kappa shape index (κ3) is 4.27. The Hall–Kier alpha value is -3.12. The fraction of sp³-hybridized carbons (Fsp3) is 0.296. The van der Waals surface area contributed by atoms with Gasteiger partial charge < -0.3 is 9.84 Å². The highest BCUT2D eigenvalue weighted by Crippen LogP contribution is 2.46. The standard InChI is InChI=1S/C27H26F3NO2/c1-25(2,22-13-12-18-8-4-5-10-21(18)24(22)33-3)17-26(32,27(28,29)30)16-19-14-15-31-23-11-7-6-9-20(19)23/h4-15,32H,16-17H2,1-3H3. The largest absolute Gasteiger partial charge is 0.496 e. The van der Waals surface area contributed by atoms with Crippen molar-refractivity contribution in [2.45, 2.75) is 43.9 Å². The SMILES string of the molecule is COc1c(C(C)(C)CC(O)(Cc2ccnc3ccccc23)C(F)(F)F)ccc2ccccc12. The van der Waals surface area contributed by atoms with Crippen LogP contribution >= 0.6 is 0 Å². The van der Waals surface area contributed by atoms with Crippen LogP contribution in [0.25, 0.3) is 21.7 Å². The lowest BCUT2D eigenvalue weighted by atomic mass is 9.72. The van der Waals surface area contributed by atoms with Gasteiger partial charge >= 0.3 is 6.18 Å². The van der Waals surface area contributed by atoms with Gasteiger partial charge in [0, 0.05) is 29.0 Å². The number of halogens is 3. The van der Waals surface area contributed by atoms with Gasteiger partial charge in [0.15, 0.2) is 5.60 Å². The van der Waals surface area contributed by atoms with Crippen LogP contribution in [0.3, 0.4) is 0 Å². The highest BCUT2D eigenvalue weighted by molar-refractivity contribution is 5.90. The molecule has 1 heterocycles. The molecule has 0 saturated carbocycles. The maximum absolute atomic E-state index is 14.4. The molecular weight excluding hydrogens is 427 g/mol. The molecule has 0 aliphatic rings. The Bertz CT molecular complexity index is 1290. The number of aliphatic hydroxyl groups is 1. The van der Waals surface area contributed by atoms with Crippen molar-refractivity contribution in [3.63, 3.8) is 0 Å². The molecule has 0 radical (unpaired) electrons. The number of aromatic nitrogens is 1. The van der Waals surface area contributed by atoms with Gasteiger partial charge in [0.1, 0.15) is 5.75 Å². The van der Waals surface area contributed by atoms with Crippen LogP contribution in [0.15, 0.2) is 72.9 Å². The van der Waals surface area contributed by atoms with Crippen LogP contribution in [0.1, 0.15) is 31.4 Å². The summed E-state index contributed by atoms with van der Waals surface area (Å²) >= 11 is 0. The fourth-order valence-electron chi connectivity index (χ4n) is 4.71. The molecule has 0 aliphatic carbocycles. The number of para-hydroxylation sites is 1. The van der Waals surface area contributed by atoms with E-state index in [0.29, 0.717) is 27.8 Å². The van der Waals surface area contributed by atoms with E-state index in [9.17, 15) is 18.3 Å². The van der Waals surface area contributed by atoms with Gasteiger partial charge in [-0.1, -0.05) is 68.4 Å². The molecule has 0 amide bonds. The van der Waals surface area contributed by atoms with Crippen LogP contribution < -0.4 is 4.74 Å². The summed E-state index contributed by atoms with van der Waals surface area (Å²) in [5, 5.41) is 13.5. The topological polar surface area (TPSA) is 42.4 Å². The van der Waals surface area contributed by atoms with Crippen LogP contribution in [0.4, 0.5) is 13.2 Å². The molecule has 0 aliphatic heterocycles. The lowest BCUT2D eigenvalue weighted by Gasteiger charge is -2.39. The van der Waals surface area contributed by atoms with E-state index in [1.54, 1.807) is 50.2 Å². The molecule has 1 N–H and O–H groups in total. The Morgan fingerprint density at radius 1 is 0.879 bits per heavy atom. The van der Waals surface area contributed by atoms with Crippen molar-refractivity contribution >= 4 is 21.7 Å². The van der Waals surface area contributed by atoms with Crippen molar-refractivity contribution in [1.82, 2.24) is 4.98 Å². The van der Waals surface area contributed by atoms with Crippen LogP contribution in [0.5, 0.6) is 5.75 Å². The molecule has 3 nitrogen and oxygen atoms in total. The molecule has 4 rings (SSSR count). The minimum absolute atomic E-state index is 0.404. The summed E-state index contributed by atoms with van der Waals surface area (Å²) in [6.45, 7) is 3.42. The third-order valence-electron chi connectivity index (χ3n) is 6.30. The third-order valence-corrected chi connectivity index (χ3v) is 6.30. The molecular formula is C27H26F3NO2. The molecule has 0 spiro atoms. The number of fused-ring (bicyclic) bond motifs is 2. The number of ether oxygens (including phenoxy) is 1. The van der Waals surface area contributed by atoms with Crippen molar-refractivity contribution in [3.05, 3.63) is 84.1 Å². The second kappa shape index (κ2) is 8.34. The van der Waals surface area contributed by atoms with Crippen molar-refractivity contribution in [2.24, 2.45) is 0 Å². The summed E-state index contributed by atoms with van der Waals surface area (Å²) in [6, 6.07) is 19.8. The first kappa shape index (κ1) is 23.1. The number of hydrogen-bond acceptors (Lipinski definition) is 3. The highest BCUT2D eigenvalue weighted by atomic mass is 19.4. The van der Waals surface area contributed by atoms with E-state index in [1.165, 1.54) is 13.3 Å². The lowest BCUT2D eigenvalue weighted by Crippen LogP contribution is -2.50. The molecule has 0 bridgehead atoms. The first-order valence-electron chi connectivity index (χ1n) is 10.7. The molecule has 3 aromatic carbocycles. The van der Waals surface area contributed by atoms with Gasteiger partial charge in [-0.05, 0) is 34.9 Å². The molecule has 6 heteroatoms. The molecule has 172 valence electrons. The summed E-state index contributed by atoms with van der Waals surface area (Å²) in [5.41, 5.74) is -2.37. The van der Waals surface area contributed by atoms with Gasteiger partial charge in [0.05, 0.1) is 12.6 Å². The number of nitrogens with zero attached hydrogens (tertiary/aromatic N) is 1. The smallest absolute Gasteiger partial charge is 0.417 e. The fourth-order valence-corrected chi connectivity index (χ4v) is 4.71. The number of methoxy groups -OCH3 is 1. The number of pyridine rings is 1. The highest BCUT2D eigenvalue weighted by Gasteiger charge is 2.56. The number of hydrogen-bond donors (Lipinski definition) is 1. The van der Waals surface area contributed by atoms with Gasteiger partial charge in [-0.25, -0.2) is 0 Å². The minimum Gasteiger partial charge on any atom is -0.496 e. The molecule has 1 unspecified atom stereocenters. The normalized spacial score (nSPS) is 14.4. The monoisotopic (exact) mass is 453 g/mol. The van der Waals surface area contributed by atoms with Crippen LogP contribution in [-0.4, -0.2) is 29.0 Å². The molecule has 0 saturated heterocycles. The average molecular weight is 454 g/mol. The van der Waals surface area contributed by atoms with Crippen LogP contribution in [-0.2, 0) is 11.8 Å². The molecule has 1 atom stereocenters. The van der Waals surface area contributed by atoms with E-state index in [-0.39, 0.29) is 0 Å². The minimum atomic E-state index is -4.83. The van der Waals surface area contributed by atoms with Crippen LogP contribution in [0.2, 0.25) is 0 Å². The quantitative estimate of drug-likeness (QED) is 0.358. The maximum Gasteiger partial charge on any atom is 0.417 e. The van der Waals surface area contributed by atoms with E-state index < -0.39 is 30.0 Å². The Balaban J connectivity index is 1.78. The summed E-state index contributed by atoms with van der Waals surface area (Å²) in [4.78, 5) is 4.23. The summed E-state index contributed by atoms with van der Waals surface area (Å²) < 4.78 is 48.8. The van der Waals surface area contributed by atoms with E-state index in [1.807, 2.05) is 30.3 Å². The van der Waals surface area contributed by atoms with E-state index in [0.717, 1.165) is 10.8 Å². The zero-order valence-electron chi connectivity index (χ0n) is 18.8. The second-order valence-electron chi connectivity index (χ2n) is 9.12. The Kier molecular flexibility index (Phi) is 5.83. The predicted octanol–water partition coefficient (Wildman–Crippen LogP) is 6.60. The molecule has 4 aromatic rings. The molecule has 0 fully saturated rings. The Morgan fingerprint density at radius 2 is 1.55 bits per heavy atom. The Morgan fingerprint density at radius 3 is 2.24 bits per heavy atom. The van der Waals surface area contributed by atoms with Crippen molar-refractivity contribution < 1.29 is 23.0 Å². The van der Waals surface area contributed by atoms with Gasteiger partial charge in [0.2, 0.25) is 0 Å². The second-order valence-corrected chi connectivity index (χ2v) is 9.12. The number of alkyl halides is 3. The van der Waals surface area contributed by atoms with Crippen molar-refractivity contribution in [2.75, 3.05) is 7.11 Å². The van der Waals surface area contributed by atoms with Gasteiger partial charge in [-0.3, -0.25) is 4.98 Å². The van der Waals surface area contributed by atoms with Gasteiger partial charge in [0.25, 0.3) is 0 Å². The lowest BCUT2D eigenvalue weighted by molar-refractivity contribution is -0.266. The van der Waals surface area contributed by atoms with E-state index in [2.05, 4.69) is 4.98 Å². The molecule has 1 aromatic heterocycles. The van der Waals surface area contributed by atoms with Crippen molar-refractivity contribution in [1.29, 1.82) is 0 Å². The van der Waals surface area contributed by atoms with Gasteiger partial charge in [-0.15, -0.1) is 0 Å². The zero-order chi connectivity index (χ0) is 23.9. The summed E-state index contributed by atoms with van der Waals surface area (Å²) in [5.74, 6) is 0.525.